The molecule has 0 aromatic heterocycles. The van der Waals surface area contributed by atoms with E-state index in [0.717, 1.165) is 19.0 Å². The van der Waals surface area contributed by atoms with Gasteiger partial charge in [-0.2, -0.15) is 0 Å². The van der Waals surface area contributed by atoms with Crippen LogP contribution in [-0.4, -0.2) is 24.5 Å². The minimum Gasteiger partial charge on any atom is -0.329 e. The molecule has 1 aromatic carbocycles. The van der Waals surface area contributed by atoms with Crippen molar-refractivity contribution in [3.8, 4) is 0 Å². The Hall–Kier alpha value is -0.380. The maximum absolute atomic E-state index is 6.08. The molecule has 0 bridgehead atoms. The van der Waals surface area contributed by atoms with Gasteiger partial charge in [-0.1, -0.05) is 61.7 Å². The molecule has 3 heteroatoms. The van der Waals surface area contributed by atoms with Crippen LogP contribution in [0.15, 0.2) is 22.7 Å². The van der Waals surface area contributed by atoms with Gasteiger partial charge in [-0.25, -0.2) is 0 Å². The Morgan fingerprint density at radius 1 is 1.20 bits per heavy atom. The molecule has 0 aliphatic carbocycles. The first-order valence-corrected chi connectivity index (χ1v) is 8.56. The summed E-state index contributed by atoms with van der Waals surface area (Å²) < 4.78 is 1.18. The minimum atomic E-state index is 0.301. The lowest BCUT2D eigenvalue weighted by molar-refractivity contribution is 0.174. The number of halogens is 1. The molecule has 1 rings (SSSR count). The van der Waals surface area contributed by atoms with Gasteiger partial charge in [-0.3, -0.25) is 4.90 Å². The van der Waals surface area contributed by atoms with Crippen molar-refractivity contribution in [3.05, 3.63) is 33.8 Å². The summed E-state index contributed by atoms with van der Waals surface area (Å²) in [6.45, 7) is 11.7. The third kappa shape index (κ3) is 4.57. The van der Waals surface area contributed by atoms with Gasteiger partial charge < -0.3 is 5.73 Å². The molecule has 20 heavy (non-hydrogen) atoms. The summed E-state index contributed by atoms with van der Waals surface area (Å²) in [6, 6.07) is 6.87. The molecule has 1 atom stereocenters. The summed E-state index contributed by atoms with van der Waals surface area (Å²) in [6.07, 6.45) is 2.47. The van der Waals surface area contributed by atoms with E-state index in [1.54, 1.807) is 0 Å². The zero-order valence-corrected chi connectivity index (χ0v) is 14.9. The van der Waals surface area contributed by atoms with E-state index >= 15 is 0 Å². The van der Waals surface area contributed by atoms with E-state index in [4.69, 9.17) is 5.73 Å². The number of rotatable bonds is 8. The second-order valence-corrected chi connectivity index (χ2v) is 6.40. The minimum absolute atomic E-state index is 0.301. The van der Waals surface area contributed by atoms with E-state index in [1.807, 2.05) is 0 Å². The standard InChI is InChI=1S/C17H29BrN2/c1-5-14(6-2)12-20(7-3)17(11-19)15-9-8-13(4)10-16(15)18/h8-10,14,17H,5-7,11-12,19H2,1-4H3. The predicted octanol–water partition coefficient (Wildman–Crippen LogP) is 4.52. The summed E-state index contributed by atoms with van der Waals surface area (Å²) in [5, 5.41) is 0. The Balaban J connectivity index is 2.96. The Morgan fingerprint density at radius 3 is 2.30 bits per heavy atom. The number of likely N-dealkylation sites (N-methyl/N-ethyl adjacent to an activating group) is 1. The lowest BCUT2D eigenvalue weighted by atomic mass is 9.99. The quantitative estimate of drug-likeness (QED) is 0.753. The highest BCUT2D eigenvalue weighted by Crippen LogP contribution is 2.29. The fraction of sp³-hybridized carbons (Fsp3) is 0.647. The third-order valence-electron chi connectivity index (χ3n) is 4.23. The van der Waals surface area contributed by atoms with E-state index in [1.165, 1.54) is 28.4 Å². The van der Waals surface area contributed by atoms with Crippen LogP contribution < -0.4 is 5.73 Å². The molecule has 2 nitrogen and oxygen atoms in total. The van der Waals surface area contributed by atoms with Crippen molar-refractivity contribution in [2.45, 2.75) is 46.6 Å². The van der Waals surface area contributed by atoms with Crippen LogP contribution in [0.2, 0.25) is 0 Å². The van der Waals surface area contributed by atoms with Gasteiger partial charge in [0.05, 0.1) is 0 Å². The first kappa shape index (κ1) is 17.7. The predicted molar refractivity (Wildman–Crippen MR) is 92.0 cm³/mol. The molecule has 0 amide bonds. The molecule has 0 saturated heterocycles. The normalized spacial score (nSPS) is 13.2. The highest BCUT2D eigenvalue weighted by Gasteiger charge is 2.21. The molecule has 0 radical (unpaired) electrons. The molecule has 2 N–H and O–H groups in total. The smallest absolute Gasteiger partial charge is 0.0481 e. The average Bonchev–Trinajstić information content (AvgIpc) is 2.45. The summed E-state index contributed by atoms with van der Waals surface area (Å²) in [4.78, 5) is 2.52. The number of hydrogen-bond acceptors (Lipinski definition) is 2. The molecule has 1 unspecified atom stereocenters. The number of hydrogen-bond donors (Lipinski definition) is 1. The largest absolute Gasteiger partial charge is 0.329 e. The third-order valence-corrected chi connectivity index (χ3v) is 4.92. The first-order chi connectivity index (χ1) is 9.57. The Labute approximate surface area is 132 Å². The lowest BCUT2D eigenvalue weighted by Crippen LogP contribution is -2.37. The molecule has 0 aliphatic heterocycles. The van der Waals surface area contributed by atoms with Gasteiger partial charge in [0.15, 0.2) is 0 Å². The van der Waals surface area contributed by atoms with Crippen molar-refractivity contribution < 1.29 is 0 Å². The van der Waals surface area contributed by atoms with E-state index in [-0.39, 0.29) is 0 Å². The van der Waals surface area contributed by atoms with Crippen LogP contribution in [0.3, 0.4) is 0 Å². The summed E-state index contributed by atoms with van der Waals surface area (Å²) in [5.74, 6) is 0.758. The summed E-state index contributed by atoms with van der Waals surface area (Å²) >= 11 is 3.70. The Bertz CT molecular complexity index is 402. The van der Waals surface area contributed by atoms with Gasteiger partial charge in [0, 0.05) is 23.6 Å². The Morgan fingerprint density at radius 2 is 1.85 bits per heavy atom. The first-order valence-electron chi connectivity index (χ1n) is 7.77. The monoisotopic (exact) mass is 340 g/mol. The Kier molecular flexibility index (Phi) is 7.78. The molecule has 1 aromatic rings. The second-order valence-electron chi connectivity index (χ2n) is 5.55. The van der Waals surface area contributed by atoms with Crippen LogP contribution in [-0.2, 0) is 0 Å². The summed E-state index contributed by atoms with van der Waals surface area (Å²) in [7, 11) is 0. The zero-order chi connectivity index (χ0) is 15.1. The molecular weight excluding hydrogens is 312 g/mol. The van der Waals surface area contributed by atoms with Gasteiger partial charge in [0.25, 0.3) is 0 Å². The van der Waals surface area contributed by atoms with Crippen LogP contribution in [0.4, 0.5) is 0 Å². The number of nitrogens with two attached hydrogens (primary N) is 1. The zero-order valence-electron chi connectivity index (χ0n) is 13.3. The van der Waals surface area contributed by atoms with Crippen LogP contribution in [0.5, 0.6) is 0 Å². The fourth-order valence-corrected chi connectivity index (χ4v) is 3.49. The maximum Gasteiger partial charge on any atom is 0.0481 e. The average molecular weight is 341 g/mol. The van der Waals surface area contributed by atoms with Gasteiger partial charge in [-0.15, -0.1) is 0 Å². The fourth-order valence-electron chi connectivity index (χ4n) is 2.73. The molecule has 0 spiro atoms. The number of benzene rings is 1. The maximum atomic E-state index is 6.08. The van der Waals surface area contributed by atoms with Crippen molar-refractivity contribution in [2.75, 3.05) is 19.6 Å². The van der Waals surface area contributed by atoms with Crippen molar-refractivity contribution in [1.29, 1.82) is 0 Å². The van der Waals surface area contributed by atoms with Crippen LogP contribution >= 0.6 is 15.9 Å². The molecule has 114 valence electrons. The van der Waals surface area contributed by atoms with E-state index in [0.29, 0.717) is 12.6 Å². The van der Waals surface area contributed by atoms with Gasteiger partial charge in [0.1, 0.15) is 0 Å². The molecule has 0 fully saturated rings. The molecular formula is C17H29BrN2. The number of aryl methyl sites for hydroxylation is 1. The van der Waals surface area contributed by atoms with Crippen molar-refractivity contribution in [3.63, 3.8) is 0 Å². The lowest BCUT2D eigenvalue weighted by Gasteiger charge is -2.33. The molecule has 0 aliphatic rings. The van der Waals surface area contributed by atoms with E-state index < -0.39 is 0 Å². The van der Waals surface area contributed by atoms with Crippen molar-refractivity contribution in [2.24, 2.45) is 11.7 Å². The summed E-state index contributed by atoms with van der Waals surface area (Å²) in [5.41, 5.74) is 8.67. The van der Waals surface area contributed by atoms with Gasteiger partial charge >= 0.3 is 0 Å². The highest BCUT2D eigenvalue weighted by molar-refractivity contribution is 9.10. The van der Waals surface area contributed by atoms with E-state index in [9.17, 15) is 0 Å². The van der Waals surface area contributed by atoms with Crippen LogP contribution in [0.25, 0.3) is 0 Å². The van der Waals surface area contributed by atoms with Crippen LogP contribution in [0.1, 0.15) is 50.8 Å². The molecule has 0 heterocycles. The molecule has 0 saturated carbocycles. The second kappa shape index (κ2) is 8.81. The highest BCUT2D eigenvalue weighted by atomic mass is 79.9. The number of nitrogens with zero attached hydrogens (tertiary/aromatic N) is 1. The van der Waals surface area contributed by atoms with Gasteiger partial charge in [0.2, 0.25) is 0 Å². The van der Waals surface area contributed by atoms with Crippen molar-refractivity contribution >= 4 is 15.9 Å². The van der Waals surface area contributed by atoms with Crippen molar-refractivity contribution in [1.82, 2.24) is 4.90 Å². The van der Waals surface area contributed by atoms with E-state index in [2.05, 4.69) is 66.7 Å². The van der Waals surface area contributed by atoms with Gasteiger partial charge in [-0.05, 0) is 36.6 Å². The SMILES string of the molecule is CCC(CC)CN(CC)C(CN)c1ccc(C)cc1Br. The topological polar surface area (TPSA) is 29.3 Å². The van der Waals surface area contributed by atoms with Crippen LogP contribution in [0, 0.1) is 12.8 Å².